The number of anilines is 1. The number of aromatic carboxylic acids is 1. The van der Waals surface area contributed by atoms with Gasteiger partial charge < -0.3 is 10.4 Å². The summed E-state index contributed by atoms with van der Waals surface area (Å²) in [6.07, 6.45) is 0. The highest BCUT2D eigenvalue weighted by atomic mass is 19.1. The van der Waals surface area contributed by atoms with Crippen LogP contribution in [0.25, 0.3) is 0 Å². The fourth-order valence-electron chi connectivity index (χ4n) is 2.05. The van der Waals surface area contributed by atoms with Gasteiger partial charge in [-0.25, -0.2) is 9.18 Å². The monoisotopic (exact) mass is 273 g/mol. The fourth-order valence-corrected chi connectivity index (χ4v) is 2.05. The predicted molar refractivity (Wildman–Crippen MR) is 76.6 cm³/mol. The molecule has 2 N–H and O–H groups in total. The summed E-state index contributed by atoms with van der Waals surface area (Å²) in [6.45, 7) is 3.77. The Hall–Kier alpha value is -2.36. The second kappa shape index (κ2) is 5.74. The van der Waals surface area contributed by atoms with Gasteiger partial charge in [0.25, 0.3) is 0 Å². The molecule has 0 aromatic heterocycles. The Morgan fingerprint density at radius 1 is 1.25 bits per heavy atom. The lowest BCUT2D eigenvalue weighted by Gasteiger charge is -2.17. The molecule has 0 saturated heterocycles. The first-order chi connectivity index (χ1) is 9.47. The number of nitrogens with one attached hydrogen (secondary N) is 1. The van der Waals surface area contributed by atoms with Gasteiger partial charge in [-0.15, -0.1) is 0 Å². The van der Waals surface area contributed by atoms with Crippen LogP contribution in [0.2, 0.25) is 0 Å². The van der Waals surface area contributed by atoms with E-state index in [0.29, 0.717) is 0 Å². The Balaban J connectivity index is 2.19. The number of aryl methyl sites for hydroxylation is 1. The summed E-state index contributed by atoms with van der Waals surface area (Å²) in [4.78, 5) is 10.9. The van der Waals surface area contributed by atoms with Gasteiger partial charge in [0.2, 0.25) is 0 Å². The van der Waals surface area contributed by atoms with Crippen molar-refractivity contribution in [3.05, 3.63) is 65.0 Å². The minimum Gasteiger partial charge on any atom is -0.478 e. The number of halogens is 1. The van der Waals surface area contributed by atoms with E-state index in [-0.39, 0.29) is 17.4 Å². The Labute approximate surface area is 117 Å². The molecular formula is C16H16FNO2. The Morgan fingerprint density at radius 2 is 2.00 bits per heavy atom. The van der Waals surface area contributed by atoms with Crippen molar-refractivity contribution < 1.29 is 14.3 Å². The maximum atomic E-state index is 13.2. The minimum atomic E-state index is -0.946. The molecule has 0 radical (unpaired) electrons. The average molecular weight is 273 g/mol. The van der Waals surface area contributed by atoms with Crippen molar-refractivity contribution in [1.29, 1.82) is 0 Å². The van der Waals surface area contributed by atoms with E-state index in [9.17, 15) is 9.18 Å². The first-order valence-corrected chi connectivity index (χ1v) is 6.33. The molecule has 2 aromatic rings. The highest BCUT2D eigenvalue weighted by Gasteiger charge is 2.10. The fraction of sp³-hybridized carbons (Fsp3) is 0.188. The number of hydrogen-bond donors (Lipinski definition) is 2. The molecular weight excluding hydrogens is 257 g/mol. The third kappa shape index (κ3) is 3.15. The largest absolute Gasteiger partial charge is 0.478 e. The van der Waals surface area contributed by atoms with Crippen LogP contribution in [0.4, 0.5) is 10.1 Å². The van der Waals surface area contributed by atoms with E-state index in [0.717, 1.165) is 16.8 Å². The van der Waals surface area contributed by atoms with E-state index >= 15 is 0 Å². The molecule has 0 spiro atoms. The van der Waals surface area contributed by atoms with Crippen LogP contribution in [0, 0.1) is 12.7 Å². The van der Waals surface area contributed by atoms with Crippen LogP contribution in [0.15, 0.2) is 42.5 Å². The molecule has 0 fully saturated rings. The van der Waals surface area contributed by atoms with Crippen molar-refractivity contribution in [2.45, 2.75) is 19.9 Å². The Morgan fingerprint density at radius 3 is 2.60 bits per heavy atom. The number of carboxylic acids is 1. The molecule has 0 saturated carbocycles. The number of hydrogen-bond acceptors (Lipinski definition) is 2. The molecule has 1 atom stereocenters. The number of rotatable bonds is 4. The zero-order chi connectivity index (χ0) is 14.7. The lowest BCUT2D eigenvalue weighted by atomic mass is 10.1. The molecule has 0 amide bonds. The van der Waals surface area contributed by atoms with Gasteiger partial charge in [-0.3, -0.25) is 0 Å². The van der Waals surface area contributed by atoms with Gasteiger partial charge in [0.15, 0.2) is 0 Å². The standard InChI is InChI=1S/C16H16FNO2/c1-10-8-13(16(19)20)6-7-15(10)18-11(2)12-4-3-5-14(17)9-12/h3-9,11,18H,1-2H3,(H,19,20). The second-order valence-electron chi connectivity index (χ2n) is 4.76. The molecule has 2 rings (SSSR count). The average Bonchev–Trinajstić information content (AvgIpc) is 2.40. The summed E-state index contributed by atoms with van der Waals surface area (Å²) in [5.41, 5.74) is 2.78. The van der Waals surface area contributed by atoms with Crippen molar-refractivity contribution in [3.63, 3.8) is 0 Å². The van der Waals surface area contributed by atoms with Crippen LogP contribution < -0.4 is 5.32 Å². The van der Waals surface area contributed by atoms with Crippen LogP contribution in [0.1, 0.15) is 34.5 Å². The normalized spacial score (nSPS) is 11.9. The van der Waals surface area contributed by atoms with Crippen LogP contribution in [-0.2, 0) is 0 Å². The summed E-state index contributed by atoms with van der Waals surface area (Å²) in [6, 6.07) is 11.2. The topological polar surface area (TPSA) is 49.3 Å². The summed E-state index contributed by atoms with van der Waals surface area (Å²) in [7, 11) is 0. The summed E-state index contributed by atoms with van der Waals surface area (Å²) in [5, 5.41) is 12.2. The third-order valence-electron chi connectivity index (χ3n) is 3.19. The van der Waals surface area contributed by atoms with Crippen molar-refractivity contribution >= 4 is 11.7 Å². The lowest BCUT2D eigenvalue weighted by Crippen LogP contribution is -2.08. The summed E-state index contributed by atoms with van der Waals surface area (Å²) < 4.78 is 13.2. The zero-order valence-corrected chi connectivity index (χ0v) is 11.4. The first kappa shape index (κ1) is 14.1. The minimum absolute atomic E-state index is 0.0694. The van der Waals surface area contributed by atoms with E-state index in [2.05, 4.69) is 5.32 Å². The quantitative estimate of drug-likeness (QED) is 0.885. The maximum Gasteiger partial charge on any atom is 0.335 e. The molecule has 3 nitrogen and oxygen atoms in total. The van der Waals surface area contributed by atoms with Crippen molar-refractivity contribution in [3.8, 4) is 0 Å². The Bertz CT molecular complexity index is 640. The molecule has 0 bridgehead atoms. The molecule has 0 aliphatic heterocycles. The number of benzene rings is 2. The smallest absolute Gasteiger partial charge is 0.335 e. The van der Waals surface area contributed by atoms with Crippen molar-refractivity contribution in [2.75, 3.05) is 5.32 Å². The third-order valence-corrected chi connectivity index (χ3v) is 3.19. The van der Waals surface area contributed by atoms with Gasteiger partial charge >= 0.3 is 5.97 Å². The van der Waals surface area contributed by atoms with Crippen LogP contribution >= 0.6 is 0 Å². The van der Waals surface area contributed by atoms with E-state index < -0.39 is 5.97 Å². The first-order valence-electron chi connectivity index (χ1n) is 6.33. The lowest BCUT2D eigenvalue weighted by molar-refractivity contribution is 0.0697. The molecule has 2 aromatic carbocycles. The molecule has 0 aliphatic rings. The molecule has 104 valence electrons. The number of carboxylic acid groups (broad SMARTS) is 1. The predicted octanol–water partition coefficient (Wildman–Crippen LogP) is 4.01. The van der Waals surface area contributed by atoms with Gasteiger partial charge in [-0.1, -0.05) is 12.1 Å². The van der Waals surface area contributed by atoms with Gasteiger partial charge in [-0.05, 0) is 55.3 Å². The molecule has 0 aliphatic carbocycles. The molecule has 4 heteroatoms. The Kier molecular flexibility index (Phi) is 4.03. The second-order valence-corrected chi connectivity index (χ2v) is 4.76. The van der Waals surface area contributed by atoms with Crippen LogP contribution in [0.5, 0.6) is 0 Å². The van der Waals surface area contributed by atoms with Gasteiger partial charge in [0.1, 0.15) is 5.82 Å². The van der Waals surface area contributed by atoms with Crippen LogP contribution in [-0.4, -0.2) is 11.1 Å². The van der Waals surface area contributed by atoms with Crippen LogP contribution in [0.3, 0.4) is 0 Å². The summed E-state index contributed by atoms with van der Waals surface area (Å²) in [5.74, 6) is -1.22. The van der Waals surface area contributed by atoms with E-state index in [1.54, 1.807) is 24.3 Å². The molecule has 0 heterocycles. The highest BCUT2D eigenvalue weighted by Crippen LogP contribution is 2.23. The van der Waals surface area contributed by atoms with Gasteiger partial charge in [0.05, 0.1) is 5.56 Å². The van der Waals surface area contributed by atoms with E-state index in [4.69, 9.17) is 5.11 Å². The molecule has 20 heavy (non-hydrogen) atoms. The van der Waals surface area contributed by atoms with E-state index in [1.807, 2.05) is 19.9 Å². The molecule has 1 unspecified atom stereocenters. The van der Waals surface area contributed by atoms with Gasteiger partial charge in [0, 0.05) is 11.7 Å². The van der Waals surface area contributed by atoms with Crippen molar-refractivity contribution in [2.24, 2.45) is 0 Å². The summed E-state index contributed by atoms with van der Waals surface area (Å²) >= 11 is 0. The number of carbonyl (C=O) groups is 1. The zero-order valence-electron chi connectivity index (χ0n) is 11.4. The SMILES string of the molecule is Cc1cc(C(=O)O)ccc1NC(C)c1cccc(F)c1. The van der Waals surface area contributed by atoms with E-state index in [1.165, 1.54) is 12.1 Å². The maximum absolute atomic E-state index is 13.2. The highest BCUT2D eigenvalue weighted by molar-refractivity contribution is 5.88. The van der Waals surface area contributed by atoms with Crippen molar-refractivity contribution in [1.82, 2.24) is 0 Å². The van der Waals surface area contributed by atoms with Gasteiger partial charge in [-0.2, -0.15) is 0 Å².